The number of anilines is 1. The maximum atomic E-state index is 5.72. The van der Waals surface area contributed by atoms with E-state index >= 15 is 0 Å². The molecule has 0 aliphatic rings. The van der Waals surface area contributed by atoms with Crippen molar-refractivity contribution in [3.63, 3.8) is 0 Å². The zero-order chi connectivity index (χ0) is 8.55. The summed E-state index contributed by atoms with van der Waals surface area (Å²) >= 11 is 0. The van der Waals surface area contributed by atoms with Crippen molar-refractivity contribution in [3.05, 3.63) is 42.0 Å². The molecule has 2 aromatic carbocycles. The van der Waals surface area contributed by atoms with Crippen LogP contribution < -0.4 is 5.73 Å². The second kappa shape index (κ2) is 2.52. The monoisotopic (exact) mass is 157 g/mol. The molecule has 60 valence electrons. The minimum Gasteiger partial charge on any atom is -0.399 e. The van der Waals surface area contributed by atoms with Gasteiger partial charge < -0.3 is 5.73 Å². The highest BCUT2D eigenvalue weighted by molar-refractivity contribution is 5.88. The normalized spacial score (nSPS) is 10.4. The zero-order valence-corrected chi connectivity index (χ0v) is 7.04. The van der Waals surface area contributed by atoms with Gasteiger partial charge in [-0.15, -0.1) is 0 Å². The van der Waals surface area contributed by atoms with E-state index in [2.05, 4.69) is 19.1 Å². The van der Waals surface area contributed by atoms with Crippen molar-refractivity contribution in [2.75, 3.05) is 5.73 Å². The molecule has 1 nitrogen and oxygen atoms in total. The standard InChI is InChI=1S/C11H11N/c1-8-6-10(12)7-9-4-2-3-5-11(8)9/h2-7H,12H2,1H3. The van der Waals surface area contributed by atoms with Crippen LogP contribution in [0.25, 0.3) is 10.8 Å². The van der Waals surface area contributed by atoms with Crippen molar-refractivity contribution in [2.45, 2.75) is 6.92 Å². The molecule has 0 saturated heterocycles. The van der Waals surface area contributed by atoms with Crippen LogP contribution in [0.4, 0.5) is 5.69 Å². The predicted octanol–water partition coefficient (Wildman–Crippen LogP) is 2.73. The van der Waals surface area contributed by atoms with Crippen molar-refractivity contribution in [1.29, 1.82) is 0 Å². The summed E-state index contributed by atoms with van der Waals surface area (Å²) in [5.74, 6) is 0. The minimum atomic E-state index is 0.839. The summed E-state index contributed by atoms with van der Waals surface area (Å²) in [4.78, 5) is 0. The molecule has 0 unspecified atom stereocenters. The van der Waals surface area contributed by atoms with E-state index < -0.39 is 0 Å². The third-order valence-corrected chi connectivity index (χ3v) is 2.09. The number of aryl methyl sites for hydroxylation is 1. The summed E-state index contributed by atoms with van der Waals surface area (Å²) in [6, 6.07) is 12.3. The van der Waals surface area contributed by atoms with Crippen molar-refractivity contribution in [1.82, 2.24) is 0 Å². The molecule has 1 heteroatoms. The summed E-state index contributed by atoms with van der Waals surface area (Å²) < 4.78 is 0. The van der Waals surface area contributed by atoms with Crippen LogP contribution in [-0.4, -0.2) is 0 Å². The Morgan fingerprint density at radius 1 is 1.08 bits per heavy atom. The van der Waals surface area contributed by atoms with E-state index in [1.54, 1.807) is 0 Å². The Kier molecular flexibility index (Phi) is 1.51. The molecule has 0 fully saturated rings. The second-order valence-corrected chi connectivity index (χ2v) is 3.06. The number of hydrogen-bond acceptors (Lipinski definition) is 1. The number of fused-ring (bicyclic) bond motifs is 1. The molecule has 0 spiro atoms. The third kappa shape index (κ3) is 1.03. The molecule has 0 heterocycles. The van der Waals surface area contributed by atoms with Gasteiger partial charge in [-0.25, -0.2) is 0 Å². The van der Waals surface area contributed by atoms with E-state index in [4.69, 9.17) is 5.73 Å². The molecule has 12 heavy (non-hydrogen) atoms. The molecule has 0 amide bonds. The molecule has 0 atom stereocenters. The summed E-state index contributed by atoms with van der Waals surface area (Å²) in [5, 5.41) is 2.50. The third-order valence-electron chi connectivity index (χ3n) is 2.09. The Hall–Kier alpha value is -1.50. The summed E-state index contributed by atoms with van der Waals surface area (Å²) in [7, 11) is 0. The van der Waals surface area contributed by atoms with E-state index in [1.165, 1.54) is 16.3 Å². The number of benzene rings is 2. The van der Waals surface area contributed by atoms with Crippen molar-refractivity contribution >= 4 is 16.5 Å². The largest absolute Gasteiger partial charge is 0.399 e. The first-order chi connectivity index (χ1) is 5.77. The van der Waals surface area contributed by atoms with Crippen LogP contribution in [0.3, 0.4) is 0 Å². The molecule has 2 N–H and O–H groups in total. The molecular weight excluding hydrogens is 146 g/mol. The average molecular weight is 157 g/mol. The van der Waals surface area contributed by atoms with Gasteiger partial charge >= 0.3 is 0 Å². The molecule has 0 radical (unpaired) electrons. The SMILES string of the molecule is Cc1cc(N)cc2ccccc12. The number of rotatable bonds is 0. The first-order valence-corrected chi connectivity index (χ1v) is 4.02. The molecule has 0 aliphatic heterocycles. The van der Waals surface area contributed by atoms with Crippen molar-refractivity contribution in [3.8, 4) is 0 Å². The summed E-state index contributed by atoms with van der Waals surface area (Å²) in [6.07, 6.45) is 0. The van der Waals surface area contributed by atoms with Gasteiger partial charge in [-0.2, -0.15) is 0 Å². The van der Waals surface area contributed by atoms with Gasteiger partial charge in [-0.05, 0) is 35.4 Å². The van der Waals surface area contributed by atoms with Gasteiger partial charge in [0.05, 0.1) is 0 Å². The molecule has 0 aromatic heterocycles. The number of hydrogen-bond donors (Lipinski definition) is 1. The van der Waals surface area contributed by atoms with Gasteiger partial charge in [0.15, 0.2) is 0 Å². The van der Waals surface area contributed by atoms with E-state index in [1.807, 2.05) is 24.3 Å². The highest BCUT2D eigenvalue weighted by atomic mass is 14.5. The van der Waals surface area contributed by atoms with Crippen LogP contribution in [0.5, 0.6) is 0 Å². The lowest BCUT2D eigenvalue weighted by Gasteiger charge is -2.02. The fourth-order valence-corrected chi connectivity index (χ4v) is 1.53. The van der Waals surface area contributed by atoms with Crippen LogP contribution in [0.15, 0.2) is 36.4 Å². The average Bonchev–Trinajstić information content (AvgIpc) is 2.04. The smallest absolute Gasteiger partial charge is 0.0323 e. The number of nitrogen functional groups attached to an aromatic ring is 1. The fourth-order valence-electron chi connectivity index (χ4n) is 1.53. The van der Waals surface area contributed by atoms with E-state index in [-0.39, 0.29) is 0 Å². The maximum Gasteiger partial charge on any atom is 0.0323 e. The minimum absolute atomic E-state index is 0.839. The highest BCUT2D eigenvalue weighted by Crippen LogP contribution is 2.20. The lowest BCUT2D eigenvalue weighted by Crippen LogP contribution is -1.86. The second-order valence-electron chi connectivity index (χ2n) is 3.06. The molecule has 0 bridgehead atoms. The van der Waals surface area contributed by atoms with Crippen molar-refractivity contribution < 1.29 is 0 Å². The lowest BCUT2D eigenvalue weighted by atomic mass is 10.1. The molecule has 2 rings (SSSR count). The van der Waals surface area contributed by atoms with Crippen LogP contribution >= 0.6 is 0 Å². The highest BCUT2D eigenvalue weighted by Gasteiger charge is 1.96. The van der Waals surface area contributed by atoms with E-state index in [0.717, 1.165) is 5.69 Å². The van der Waals surface area contributed by atoms with E-state index in [0.29, 0.717) is 0 Å². The predicted molar refractivity (Wildman–Crippen MR) is 53.1 cm³/mol. The Labute approximate surface area is 71.8 Å². The van der Waals surface area contributed by atoms with Crippen LogP contribution in [0.2, 0.25) is 0 Å². The summed E-state index contributed by atoms with van der Waals surface area (Å²) in [5.41, 5.74) is 7.81. The summed E-state index contributed by atoms with van der Waals surface area (Å²) in [6.45, 7) is 2.08. The first-order valence-electron chi connectivity index (χ1n) is 4.02. The van der Waals surface area contributed by atoms with Gasteiger partial charge in [0.2, 0.25) is 0 Å². The van der Waals surface area contributed by atoms with Crippen LogP contribution in [0, 0.1) is 6.92 Å². The topological polar surface area (TPSA) is 26.0 Å². The van der Waals surface area contributed by atoms with Crippen LogP contribution in [0.1, 0.15) is 5.56 Å². The van der Waals surface area contributed by atoms with Gasteiger partial charge in [-0.1, -0.05) is 24.3 Å². The lowest BCUT2D eigenvalue weighted by molar-refractivity contribution is 1.53. The quantitative estimate of drug-likeness (QED) is 0.584. The van der Waals surface area contributed by atoms with E-state index in [9.17, 15) is 0 Å². The van der Waals surface area contributed by atoms with Gasteiger partial charge in [-0.3, -0.25) is 0 Å². The molecule has 0 saturated carbocycles. The van der Waals surface area contributed by atoms with Gasteiger partial charge in [0, 0.05) is 5.69 Å². The van der Waals surface area contributed by atoms with Gasteiger partial charge in [0.25, 0.3) is 0 Å². The Morgan fingerprint density at radius 3 is 2.67 bits per heavy atom. The molecule has 2 aromatic rings. The zero-order valence-electron chi connectivity index (χ0n) is 7.04. The van der Waals surface area contributed by atoms with Crippen molar-refractivity contribution in [2.24, 2.45) is 0 Å². The maximum absolute atomic E-state index is 5.72. The fraction of sp³-hybridized carbons (Fsp3) is 0.0909. The Balaban J connectivity index is 2.89. The van der Waals surface area contributed by atoms with Crippen LogP contribution in [-0.2, 0) is 0 Å². The molecule has 0 aliphatic carbocycles. The molecular formula is C11H11N. The Morgan fingerprint density at radius 2 is 1.83 bits per heavy atom. The van der Waals surface area contributed by atoms with Gasteiger partial charge in [0.1, 0.15) is 0 Å². The number of nitrogens with two attached hydrogens (primary N) is 1. The first kappa shape index (κ1) is 7.17. The Bertz CT molecular complexity index is 418.